The number of ether oxygens (including phenoxy) is 1. The fourth-order valence-electron chi connectivity index (χ4n) is 4.60. The van der Waals surface area contributed by atoms with Crippen molar-refractivity contribution in [1.82, 2.24) is 35.3 Å². The lowest BCUT2D eigenvalue weighted by molar-refractivity contribution is -0.139. The number of rotatable bonds is 4. The average molecular weight is 554 g/mol. The summed E-state index contributed by atoms with van der Waals surface area (Å²) < 4.78 is 7.86. The molecule has 3 heterocycles. The number of carbonyl (C=O) groups is 5. The minimum absolute atomic E-state index is 0.121. The number of nitrogens with zero attached hydrogens (tertiary/aromatic N) is 4. The number of aromatic nitrogens is 2. The van der Waals surface area contributed by atoms with Crippen molar-refractivity contribution >= 4 is 29.7 Å². The van der Waals surface area contributed by atoms with E-state index in [-0.39, 0.29) is 38.1 Å². The van der Waals surface area contributed by atoms with E-state index in [1.54, 1.807) is 6.20 Å². The molecule has 1 aromatic heterocycles. The Morgan fingerprint density at radius 2 is 1.98 bits per heavy atom. The Balaban J connectivity index is 1.55. The Morgan fingerprint density at radius 3 is 2.73 bits per heavy atom. The van der Waals surface area contributed by atoms with Crippen LogP contribution in [0, 0.1) is 5.92 Å². The first-order chi connectivity index (χ1) is 19.2. The second kappa shape index (κ2) is 13.1. The summed E-state index contributed by atoms with van der Waals surface area (Å²) in [4.78, 5) is 69.8. The number of nitrogens with one attached hydrogen (secondary N) is 3. The van der Waals surface area contributed by atoms with Crippen LogP contribution in [0.5, 0.6) is 5.75 Å². The third-order valence-corrected chi connectivity index (χ3v) is 6.58. The quantitative estimate of drug-likeness (QED) is 0.462. The number of fused-ring (bicyclic) bond motifs is 4. The molecule has 40 heavy (non-hydrogen) atoms. The molecule has 4 rings (SSSR count). The number of imidazole rings is 1. The molecule has 2 aromatic rings. The first kappa shape index (κ1) is 28.6. The summed E-state index contributed by atoms with van der Waals surface area (Å²) in [5, 5.41) is 8.04. The van der Waals surface area contributed by atoms with Gasteiger partial charge in [0.25, 0.3) is 5.91 Å². The highest BCUT2D eigenvalue weighted by atomic mass is 16.5. The van der Waals surface area contributed by atoms with E-state index in [1.165, 1.54) is 4.90 Å². The van der Waals surface area contributed by atoms with Crippen molar-refractivity contribution in [2.45, 2.75) is 39.3 Å². The van der Waals surface area contributed by atoms with E-state index in [4.69, 9.17) is 4.74 Å². The zero-order valence-corrected chi connectivity index (χ0v) is 22.7. The molecule has 13 heteroatoms. The van der Waals surface area contributed by atoms with Crippen LogP contribution >= 0.6 is 0 Å². The van der Waals surface area contributed by atoms with Gasteiger partial charge in [0.15, 0.2) is 0 Å². The molecule has 0 spiro atoms. The lowest BCUT2D eigenvalue weighted by atomic mass is 10.0. The minimum atomic E-state index is -0.795. The number of amides is 6. The molecule has 1 aromatic carbocycles. The maximum atomic E-state index is 13.1. The standard InChI is InChI=1S/C27H35N7O6/c1-18(2)13-21-26(38)29-8-11-32-10-7-28-25(32)19-5-3-6-20(14-19)40-12-4-9-33(16-22(35)31-21)24(37)17-34-23(36)15-30-27(34)39/h3,5-7,10,14,18,21H,4,8-9,11-13,15-17H2,1-2H3,(H,29,38)(H,30,39)(H,31,35)/t21-/m1/s1. The van der Waals surface area contributed by atoms with Gasteiger partial charge >= 0.3 is 6.03 Å². The largest absolute Gasteiger partial charge is 0.494 e. The van der Waals surface area contributed by atoms with Crippen molar-refractivity contribution in [2.24, 2.45) is 5.92 Å². The Labute approximate surface area is 232 Å². The summed E-state index contributed by atoms with van der Waals surface area (Å²) in [7, 11) is 0. The Hall–Kier alpha value is -4.42. The van der Waals surface area contributed by atoms with E-state index in [1.807, 2.05) is 48.9 Å². The van der Waals surface area contributed by atoms with Gasteiger partial charge in [0, 0.05) is 37.6 Å². The van der Waals surface area contributed by atoms with Crippen LogP contribution < -0.4 is 20.7 Å². The van der Waals surface area contributed by atoms with Crippen LogP contribution in [-0.2, 0) is 25.7 Å². The van der Waals surface area contributed by atoms with Gasteiger partial charge in [-0.25, -0.2) is 9.78 Å². The topological polar surface area (TPSA) is 155 Å². The number of hydrogen-bond donors (Lipinski definition) is 3. The van der Waals surface area contributed by atoms with Crippen LogP contribution in [-0.4, -0.2) is 94.4 Å². The summed E-state index contributed by atoms with van der Waals surface area (Å²) in [5.41, 5.74) is 0.852. The van der Waals surface area contributed by atoms with Crippen LogP contribution in [0.15, 0.2) is 36.7 Å². The Bertz CT molecular complexity index is 1240. The van der Waals surface area contributed by atoms with Crippen molar-refractivity contribution in [3.8, 4) is 17.1 Å². The highest BCUT2D eigenvalue weighted by Crippen LogP contribution is 2.23. The molecule has 0 aliphatic carbocycles. The van der Waals surface area contributed by atoms with Gasteiger partial charge in [0.2, 0.25) is 17.7 Å². The van der Waals surface area contributed by atoms with Crippen LogP contribution in [0.25, 0.3) is 11.4 Å². The first-order valence-corrected chi connectivity index (χ1v) is 13.4. The number of urea groups is 1. The summed E-state index contributed by atoms with van der Waals surface area (Å²) in [6.45, 7) is 4.09. The SMILES string of the molecule is CC(C)C[C@H]1NC(=O)CN(C(=O)CN2C(=O)CNC2=O)CCCOc2cccc(c2)-c2nccn2CCNC1=O. The zero-order valence-electron chi connectivity index (χ0n) is 22.7. The summed E-state index contributed by atoms with van der Waals surface area (Å²) in [5.74, 6) is -0.445. The molecule has 3 N–H and O–H groups in total. The van der Waals surface area contributed by atoms with Gasteiger partial charge in [0.05, 0.1) is 19.7 Å². The molecule has 2 aliphatic rings. The van der Waals surface area contributed by atoms with E-state index in [0.717, 1.165) is 16.3 Å². The number of hydrogen-bond acceptors (Lipinski definition) is 7. The van der Waals surface area contributed by atoms with E-state index < -0.39 is 36.3 Å². The predicted molar refractivity (Wildman–Crippen MR) is 144 cm³/mol. The average Bonchev–Trinajstić information content (AvgIpc) is 3.51. The Morgan fingerprint density at radius 1 is 1.15 bits per heavy atom. The molecule has 2 aliphatic heterocycles. The molecule has 0 saturated carbocycles. The minimum Gasteiger partial charge on any atom is -0.494 e. The van der Waals surface area contributed by atoms with Crippen LogP contribution in [0.1, 0.15) is 26.7 Å². The molecular formula is C27H35N7O6. The van der Waals surface area contributed by atoms with Gasteiger partial charge in [-0.2, -0.15) is 0 Å². The second-order valence-corrected chi connectivity index (χ2v) is 10.2. The first-order valence-electron chi connectivity index (χ1n) is 13.4. The van der Waals surface area contributed by atoms with Gasteiger partial charge < -0.3 is 30.2 Å². The second-order valence-electron chi connectivity index (χ2n) is 10.2. The molecule has 214 valence electrons. The van der Waals surface area contributed by atoms with Crippen molar-refractivity contribution < 1.29 is 28.7 Å². The molecule has 1 atom stereocenters. The van der Waals surface area contributed by atoms with Gasteiger partial charge in [-0.3, -0.25) is 24.1 Å². The molecule has 13 nitrogen and oxygen atoms in total. The fraction of sp³-hybridized carbons (Fsp3) is 0.481. The number of imide groups is 1. The molecule has 0 radical (unpaired) electrons. The molecule has 1 saturated heterocycles. The maximum Gasteiger partial charge on any atom is 0.325 e. The fourth-order valence-corrected chi connectivity index (χ4v) is 4.60. The zero-order chi connectivity index (χ0) is 28.6. The molecule has 6 amide bonds. The van der Waals surface area contributed by atoms with Crippen molar-refractivity contribution in [3.63, 3.8) is 0 Å². The van der Waals surface area contributed by atoms with Crippen molar-refractivity contribution in [2.75, 3.05) is 39.3 Å². The normalized spacial score (nSPS) is 19.2. The molecule has 1 fully saturated rings. The summed E-state index contributed by atoms with van der Waals surface area (Å²) >= 11 is 0. The van der Waals surface area contributed by atoms with Gasteiger partial charge in [-0.05, 0) is 30.9 Å². The van der Waals surface area contributed by atoms with Gasteiger partial charge in [-0.15, -0.1) is 0 Å². The maximum absolute atomic E-state index is 13.1. The van der Waals surface area contributed by atoms with Crippen molar-refractivity contribution in [3.05, 3.63) is 36.7 Å². The lowest BCUT2D eigenvalue weighted by Crippen LogP contribution is -2.52. The molecular weight excluding hydrogens is 518 g/mol. The third-order valence-electron chi connectivity index (χ3n) is 6.58. The highest BCUT2D eigenvalue weighted by Gasteiger charge is 2.32. The van der Waals surface area contributed by atoms with E-state index in [2.05, 4.69) is 20.9 Å². The number of benzene rings is 1. The van der Waals surface area contributed by atoms with Gasteiger partial charge in [-0.1, -0.05) is 26.0 Å². The van der Waals surface area contributed by atoms with E-state index in [9.17, 15) is 24.0 Å². The van der Waals surface area contributed by atoms with E-state index in [0.29, 0.717) is 31.7 Å². The van der Waals surface area contributed by atoms with E-state index >= 15 is 0 Å². The Kier molecular flexibility index (Phi) is 9.35. The lowest BCUT2D eigenvalue weighted by Gasteiger charge is -2.26. The van der Waals surface area contributed by atoms with Crippen molar-refractivity contribution in [1.29, 1.82) is 0 Å². The summed E-state index contributed by atoms with van der Waals surface area (Å²) in [6, 6.07) is 6.02. The third kappa shape index (κ3) is 7.36. The summed E-state index contributed by atoms with van der Waals surface area (Å²) in [6.07, 6.45) is 4.32. The highest BCUT2D eigenvalue weighted by molar-refractivity contribution is 6.04. The predicted octanol–water partition coefficient (Wildman–Crippen LogP) is 0.360. The monoisotopic (exact) mass is 553 g/mol. The number of carbonyl (C=O) groups excluding carboxylic acids is 5. The van der Waals surface area contributed by atoms with Crippen LogP contribution in [0.2, 0.25) is 0 Å². The van der Waals surface area contributed by atoms with Gasteiger partial charge in [0.1, 0.15) is 24.2 Å². The molecule has 2 bridgehead atoms. The van der Waals surface area contributed by atoms with Crippen LogP contribution in [0.3, 0.4) is 0 Å². The smallest absolute Gasteiger partial charge is 0.325 e. The molecule has 0 unspecified atom stereocenters. The van der Waals surface area contributed by atoms with Crippen LogP contribution in [0.4, 0.5) is 4.79 Å².